The molecule has 1 aromatic carbocycles. The summed E-state index contributed by atoms with van der Waals surface area (Å²) in [6.45, 7) is 7.13. The predicted molar refractivity (Wildman–Crippen MR) is 130 cm³/mol. The number of carbonyl (C=O) groups is 2. The van der Waals surface area contributed by atoms with Crippen molar-refractivity contribution in [2.24, 2.45) is 5.92 Å². The molecule has 8 heteroatoms. The summed E-state index contributed by atoms with van der Waals surface area (Å²) in [5.74, 6) is -0.911. The fourth-order valence-electron chi connectivity index (χ4n) is 4.11. The number of likely N-dealkylation sites (N-methyl/N-ethyl adjacent to an activating group) is 1. The maximum absolute atomic E-state index is 13.4. The van der Waals surface area contributed by atoms with Gasteiger partial charge in [0.1, 0.15) is 11.7 Å². The van der Waals surface area contributed by atoms with Gasteiger partial charge in [-0.15, -0.1) is 0 Å². The van der Waals surface area contributed by atoms with Crippen LogP contribution in [-0.4, -0.2) is 75.8 Å². The number of carboxylic acid groups (broad SMARTS) is 1. The SMILES string of the molecule is C/C=C/c1cnc2c(c1)C(=O)N([C@H](C)CO)C[C@H](C)[C@H](CN(C)Cc1cccc(C(=O)O)c1)O2. The van der Waals surface area contributed by atoms with Gasteiger partial charge in [-0.25, -0.2) is 9.78 Å². The Labute approximate surface area is 200 Å². The third-order valence-electron chi connectivity index (χ3n) is 6.02. The van der Waals surface area contributed by atoms with Gasteiger partial charge in [0.05, 0.1) is 18.2 Å². The molecule has 0 saturated carbocycles. The number of ether oxygens (including phenoxy) is 1. The second-order valence-corrected chi connectivity index (χ2v) is 8.95. The van der Waals surface area contributed by atoms with E-state index in [1.165, 1.54) is 0 Å². The molecule has 0 fully saturated rings. The molecule has 2 N–H and O–H groups in total. The van der Waals surface area contributed by atoms with E-state index in [4.69, 9.17) is 4.74 Å². The molecular weight excluding hydrogens is 434 g/mol. The molecule has 1 amide bonds. The summed E-state index contributed by atoms with van der Waals surface area (Å²) in [6.07, 6.45) is 5.16. The lowest BCUT2D eigenvalue weighted by molar-refractivity contribution is 0.0325. The van der Waals surface area contributed by atoms with Crippen molar-refractivity contribution in [3.63, 3.8) is 0 Å². The number of allylic oxidation sites excluding steroid dienone is 1. The minimum atomic E-state index is -0.954. The lowest BCUT2D eigenvalue weighted by Crippen LogP contribution is -2.49. The molecule has 182 valence electrons. The first-order chi connectivity index (χ1) is 16.2. The number of hydrogen-bond acceptors (Lipinski definition) is 6. The third kappa shape index (κ3) is 6.01. The van der Waals surface area contributed by atoms with E-state index in [1.54, 1.807) is 35.4 Å². The highest BCUT2D eigenvalue weighted by Gasteiger charge is 2.34. The molecule has 0 aliphatic carbocycles. The van der Waals surface area contributed by atoms with E-state index in [0.29, 0.717) is 25.2 Å². The first-order valence-electron chi connectivity index (χ1n) is 11.5. The molecule has 3 rings (SSSR count). The van der Waals surface area contributed by atoms with Crippen molar-refractivity contribution in [2.75, 3.05) is 26.7 Å². The molecular formula is C26H33N3O5. The zero-order valence-corrected chi connectivity index (χ0v) is 20.1. The number of aromatic carboxylic acids is 1. The molecule has 8 nitrogen and oxygen atoms in total. The smallest absolute Gasteiger partial charge is 0.335 e. The van der Waals surface area contributed by atoms with Crippen molar-refractivity contribution in [1.29, 1.82) is 0 Å². The Morgan fingerprint density at radius 2 is 2.15 bits per heavy atom. The van der Waals surface area contributed by atoms with Crippen molar-refractivity contribution in [3.8, 4) is 5.88 Å². The maximum atomic E-state index is 13.4. The molecule has 1 aromatic heterocycles. The molecule has 0 radical (unpaired) electrons. The van der Waals surface area contributed by atoms with Crippen molar-refractivity contribution >= 4 is 18.0 Å². The van der Waals surface area contributed by atoms with Crippen molar-refractivity contribution in [2.45, 2.75) is 39.5 Å². The molecule has 3 atom stereocenters. The molecule has 1 aliphatic heterocycles. The normalized spacial score (nSPS) is 19.5. The Hall–Kier alpha value is -3.23. The van der Waals surface area contributed by atoms with Crippen LogP contribution in [0.1, 0.15) is 52.6 Å². The lowest BCUT2D eigenvalue weighted by Gasteiger charge is -2.37. The van der Waals surface area contributed by atoms with Gasteiger partial charge in [-0.3, -0.25) is 9.69 Å². The van der Waals surface area contributed by atoms with Gasteiger partial charge < -0.3 is 19.8 Å². The van der Waals surface area contributed by atoms with E-state index in [0.717, 1.165) is 11.1 Å². The zero-order valence-electron chi connectivity index (χ0n) is 20.1. The summed E-state index contributed by atoms with van der Waals surface area (Å²) in [4.78, 5) is 32.9. The highest BCUT2D eigenvalue weighted by molar-refractivity contribution is 5.97. The van der Waals surface area contributed by atoms with E-state index < -0.39 is 5.97 Å². The number of aromatic nitrogens is 1. The van der Waals surface area contributed by atoms with Gasteiger partial charge in [-0.05, 0) is 50.2 Å². The number of benzene rings is 1. The average Bonchev–Trinajstić information content (AvgIpc) is 2.81. The summed E-state index contributed by atoms with van der Waals surface area (Å²) >= 11 is 0. The number of amides is 1. The highest BCUT2D eigenvalue weighted by Crippen LogP contribution is 2.28. The second kappa shape index (κ2) is 11.3. The van der Waals surface area contributed by atoms with E-state index >= 15 is 0 Å². The Kier molecular flexibility index (Phi) is 8.41. The number of rotatable bonds is 8. The number of aliphatic hydroxyl groups excluding tert-OH is 1. The lowest BCUT2D eigenvalue weighted by atomic mass is 9.99. The van der Waals surface area contributed by atoms with Gasteiger partial charge in [-0.1, -0.05) is 31.2 Å². The summed E-state index contributed by atoms with van der Waals surface area (Å²) in [6, 6.07) is 8.31. The predicted octanol–water partition coefficient (Wildman–Crippen LogP) is 3.17. The Morgan fingerprint density at radius 1 is 1.38 bits per heavy atom. The Bertz CT molecular complexity index is 1050. The Balaban J connectivity index is 1.87. The molecule has 0 spiro atoms. The van der Waals surface area contributed by atoms with E-state index in [1.807, 2.05) is 46.0 Å². The van der Waals surface area contributed by atoms with Crippen LogP contribution in [0.15, 0.2) is 42.6 Å². The number of pyridine rings is 1. The van der Waals surface area contributed by atoms with Gasteiger partial charge in [-0.2, -0.15) is 0 Å². The van der Waals surface area contributed by atoms with Gasteiger partial charge in [0.2, 0.25) is 5.88 Å². The number of aliphatic hydroxyl groups is 1. The third-order valence-corrected chi connectivity index (χ3v) is 6.02. The number of hydrogen-bond donors (Lipinski definition) is 2. The van der Waals surface area contributed by atoms with Gasteiger partial charge in [0.15, 0.2) is 0 Å². The van der Waals surface area contributed by atoms with Crippen LogP contribution in [0.25, 0.3) is 6.08 Å². The van der Waals surface area contributed by atoms with Crippen molar-refractivity contribution in [3.05, 3.63) is 64.9 Å². The monoisotopic (exact) mass is 467 g/mol. The standard InChI is InChI=1S/C26H33N3O5/c1-5-7-19-11-22-24(27-12-19)34-23(17(2)13-29(25(22)31)18(3)16-30)15-28(4)14-20-8-6-9-21(10-20)26(32)33/h5-12,17-18,23,30H,13-16H2,1-4H3,(H,32,33)/b7-5+/t17-,18+,23-/m0/s1. The van der Waals surface area contributed by atoms with Crippen LogP contribution in [0.4, 0.5) is 0 Å². The van der Waals surface area contributed by atoms with Crippen LogP contribution in [0.5, 0.6) is 5.88 Å². The molecule has 2 heterocycles. The van der Waals surface area contributed by atoms with Crippen LogP contribution < -0.4 is 4.74 Å². The summed E-state index contributed by atoms with van der Waals surface area (Å²) in [7, 11) is 1.95. The number of carbonyl (C=O) groups excluding carboxylic acids is 1. The Morgan fingerprint density at radius 3 is 2.82 bits per heavy atom. The fraction of sp³-hybridized carbons (Fsp3) is 0.423. The molecule has 0 bridgehead atoms. The van der Waals surface area contributed by atoms with Gasteiger partial charge in [0, 0.05) is 31.7 Å². The average molecular weight is 468 g/mol. The van der Waals surface area contributed by atoms with Crippen LogP contribution in [0, 0.1) is 5.92 Å². The number of fused-ring (bicyclic) bond motifs is 1. The number of nitrogens with zero attached hydrogens (tertiary/aromatic N) is 3. The van der Waals surface area contributed by atoms with E-state index in [9.17, 15) is 19.8 Å². The highest BCUT2D eigenvalue weighted by atomic mass is 16.5. The molecule has 0 saturated heterocycles. The van der Waals surface area contributed by atoms with Gasteiger partial charge >= 0.3 is 5.97 Å². The summed E-state index contributed by atoms with van der Waals surface area (Å²) < 4.78 is 6.30. The summed E-state index contributed by atoms with van der Waals surface area (Å²) in [5.41, 5.74) is 2.32. The van der Waals surface area contributed by atoms with Crippen LogP contribution in [0.2, 0.25) is 0 Å². The first kappa shape index (κ1) is 25.4. The second-order valence-electron chi connectivity index (χ2n) is 8.95. The quantitative estimate of drug-likeness (QED) is 0.615. The van der Waals surface area contributed by atoms with E-state index in [-0.39, 0.29) is 42.0 Å². The molecule has 34 heavy (non-hydrogen) atoms. The van der Waals surface area contributed by atoms with Crippen molar-refractivity contribution < 1.29 is 24.5 Å². The minimum Gasteiger partial charge on any atom is -0.478 e. The van der Waals surface area contributed by atoms with Gasteiger partial charge in [0.25, 0.3) is 5.91 Å². The molecule has 0 unspecified atom stereocenters. The largest absolute Gasteiger partial charge is 0.478 e. The summed E-state index contributed by atoms with van der Waals surface area (Å²) in [5, 5.41) is 19.0. The van der Waals surface area contributed by atoms with Crippen LogP contribution in [0.3, 0.4) is 0 Å². The molecule has 2 aromatic rings. The maximum Gasteiger partial charge on any atom is 0.335 e. The topological polar surface area (TPSA) is 103 Å². The first-order valence-corrected chi connectivity index (χ1v) is 11.5. The minimum absolute atomic E-state index is 0.0316. The fourth-order valence-corrected chi connectivity index (χ4v) is 4.11. The van der Waals surface area contributed by atoms with Crippen LogP contribution in [-0.2, 0) is 6.54 Å². The molecule has 1 aliphatic rings. The zero-order chi connectivity index (χ0) is 24.8. The van der Waals surface area contributed by atoms with E-state index in [2.05, 4.69) is 9.88 Å². The van der Waals surface area contributed by atoms with Crippen molar-refractivity contribution in [1.82, 2.24) is 14.8 Å². The number of carboxylic acids is 1. The van der Waals surface area contributed by atoms with Crippen LogP contribution >= 0.6 is 0 Å².